The van der Waals surface area contributed by atoms with Crippen LogP contribution in [0.4, 0.5) is 4.79 Å². The van der Waals surface area contributed by atoms with Gasteiger partial charge in [-0.1, -0.05) is 25.4 Å². The van der Waals surface area contributed by atoms with E-state index in [9.17, 15) is 9.59 Å². The predicted octanol–water partition coefficient (Wildman–Crippen LogP) is 1.13. The van der Waals surface area contributed by atoms with Crippen LogP contribution in [0.3, 0.4) is 0 Å². The maximum Gasteiger partial charge on any atom is 0.407 e. The number of cyclic esters (lactones) is 1. The van der Waals surface area contributed by atoms with Crippen LogP contribution in [-0.4, -0.2) is 28.3 Å². The second-order valence-electron chi connectivity index (χ2n) is 4.45. The third-order valence-corrected chi connectivity index (χ3v) is 2.85. The minimum Gasteiger partial charge on any atom is -0.442 e. The smallest absolute Gasteiger partial charge is 0.407 e. The third-order valence-electron chi connectivity index (χ3n) is 2.66. The normalized spacial score (nSPS) is 18.9. The summed E-state index contributed by atoms with van der Waals surface area (Å²) in [5, 5.41) is 2.73. The van der Waals surface area contributed by atoms with Gasteiger partial charge in [-0.05, 0) is 0 Å². The third kappa shape index (κ3) is 2.64. The molecule has 0 aliphatic carbocycles. The van der Waals surface area contributed by atoms with Gasteiger partial charge in [0.15, 0.2) is 0 Å². The van der Waals surface area contributed by atoms with E-state index >= 15 is 0 Å². The van der Waals surface area contributed by atoms with Crippen LogP contribution in [0.15, 0.2) is 10.9 Å². The number of carbonyl (C=O) groups excluding carboxylic acids is 1. The molecule has 0 saturated carbocycles. The second-order valence-corrected chi connectivity index (χ2v) is 4.84. The number of ether oxygens (including phenoxy) is 1. The van der Waals surface area contributed by atoms with Crippen molar-refractivity contribution in [1.29, 1.82) is 0 Å². The van der Waals surface area contributed by atoms with Crippen LogP contribution in [0, 0.1) is 0 Å². The van der Waals surface area contributed by atoms with Crippen LogP contribution in [0.1, 0.15) is 25.6 Å². The standard InChI is InChI=1S/C11H14ClN3O3/c1-6(2)10-14-8(12)3-9(16)15(10)5-7-4-13-11(17)18-7/h3,6-7H,4-5H2,1-2H3,(H,13,17). The number of hydrogen-bond donors (Lipinski definition) is 1. The quantitative estimate of drug-likeness (QED) is 0.837. The summed E-state index contributed by atoms with van der Waals surface area (Å²) in [6.45, 7) is 4.53. The molecule has 0 spiro atoms. The van der Waals surface area contributed by atoms with Gasteiger partial charge in [-0.15, -0.1) is 0 Å². The molecule has 1 saturated heterocycles. The number of halogens is 1. The van der Waals surface area contributed by atoms with Gasteiger partial charge >= 0.3 is 6.09 Å². The van der Waals surface area contributed by atoms with Crippen molar-refractivity contribution in [2.75, 3.05) is 6.54 Å². The summed E-state index contributed by atoms with van der Waals surface area (Å²) in [7, 11) is 0. The van der Waals surface area contributed by atoms with Crippen molar-refractivity contribution in [3.63, 3.8) is 0 Å². The lowest BCUT2D eigenvalue weighted by atomic mass is 10.2. The van der Waals surface area contributed by atoms with E-state index in [4.69, 9.17) is 16.3 Å². The molecule has 1 fully saturated rings. The number of rotatable bonds is 3. The minimum absolute atomic E-state index is 0.0569. The van der Waals surface area contributed by atoms with Gasteiger partial charge in [0.2, 0.25) is 0 Å². The van der Waals surface area contributed by atoms with Crippen LogP contribution in [0.5, 0.6) is 0 Å². The molecule has 0 bridgehead atoms. The van der Waals surface area contributed by atoms with E-state index in [1.807, 2.05) is 13.8 Å². The van der Waals surface area contributed by atoms with Crippen molar-refractivity contribution in [1.82, 2.24) is 14.9 Å². The molecule has 2 rings (SSSR count). The van der Waals surface area contributed by atoms with Crippen molar-refractivity contribution < 1.29 is 9.53 Å². The molecule has 2 heterocycles. The Morgan fingerprint density at radius 1 is 1.61 bits per heavy atom. The fourth-order valence-electron chi connectivity index (χ4n) is 1.86. The minimum atomic E-state index is -0.457. The lowest BCUT2D eigenvalue weighted by Gasteiger charge is -2.16. The highest BCUT2D eigenvalue weighted by atomic mass is 35.5. The Morgan fingerprint density at radius 3 is 2.89 bits per heavy atom. The summed E-state index contributed by atoms with van der Waals surface area (Å²) in [6.07, 6.45) is -0.809. The summed E-state index contributed by atoms with van der Waals surface area (Å²) in [4.78, 5) is 27.0. The molecule has 1 amide bonds. The van der Waals surface area contributed by atoms with E-state index in [1.54, 1.807) is 0 Å². The molecule has 98 valence electrons. The van der Waals surface area contributed by atoms with Gasteiger partial charge in [-0.3, -0.25) is 9.36 Å². The predicted molar refractivity (Wildman–Crippen MR) is 65.9 cm³/mol. The summed E-state index contributed by atoms with van der Waals surface area (Å²) in [5.74, 6) is 0.650. The molecule has 0 radical (unpaired) electrons. The van der Waals surface area contributed by atoms with E-state index in [0.717, 1.165) is 0 Å². The van der Waals surface area contributed by atoms with Crippen molar-refractivity contribution in [2.45, 2.75) is 32.4 Å². The lowest BCUT2D eigenvalue weighted by molar-refractivity contribution is 0.129. The first-order valence-electron chi connectivity index (χ1n) is 5.69. The monoisotopic (exact) mass is 271 g/mol. The zero-order valence-corrected chi connectivity index (χ0v) is 10.9. The Hall–Kier alpha value is -1.56. The largest absolute Gasteiger partial charge is 0.442 e. The molecule has 1 aliphatic heterocycles. The van der Waals surface area contributed by atoms with Gasteiger partial charge in [0.25, 0.3) is 5.56 Å². The van der Waals surface area contributed by atoms with Crippen LogP contribution in [0.2, 0.25) is 5.15 Å². The molecule has 1 aromatic rings. The Kier molecular flexibility index (Phi) is 3.56. The molecule has 1 unspecified atom stereocenters. The maximum atomic E-state index is 11.9. The van der Waals surface area contributed by atoms with Crippen LogP contribution in [0.25, 0.3) is 0 Å². The highest BCUT2D eigenvalue weighted by molar-refractivity contribution is 6.29. The Labute approximate surface area is 109 Å². The van der Waals surface area contributed by atoms with Crippen LogP contribution < -0.4 is 10.9 Å². The zero-order valence-electron chi connectivity index (χ0n) is 10.1. The lowest BCUT2D eigenvalue weighted by Crippen LogP contribution is -2.32. The molecule has 18 heavy (non-hydrogen) atoms. The molecule has 1 aromatic heterocycles. The highest BCUT2D eigenvalue weighted by Gasteiger charge is 2.24. The molecule has 1 atom stereocenters. The van der Waals surface area contributed by atoms with E-state index in [0.29, 0.717) is 12.4 Å². The van der Waals surface area contributed by atoms with Crippen molar-refractivity contribution in [2.24, 2.45) is 0 Å². The van der Waals surface area contributed by atoms with Gasteiger partial charge in [-0.25, -0.2) is 9.78 Å². The summed E-state index contributed by atoms with van der Waals surface area (Å²) < 4.78 is 6.52. The van der Waals surface area contributed by atoms with E-state index in [1.165, 1.54) is 10.6 Å². The fourth-order valence-corrected chi connectivity index (χ4v) is 2.04. The maximum absolute atomic E-state index is 11.9. The average Bonchev–Trinajstić information content (AvgIpc) is 2.67. The number of alkyl carbamates (subject to hydrolysis) is 1. The summed E-state index contributed by atoms with van der Waals surface area (Å²) in [5.41, 5.74) is -0.235. The molecule has 1 N–H and O–H groups in total. The van der Waals surface area contributed by atoms with E-state index in [-0.39, 0.29) is 29.3 Å². The van der Waals surface area contributed by atoms with Crippen LogP contribution in [-0.2, 0) is 11.3 Å². The van der Waals surface area contributed by atoms with Gasteiger partial charge in [0.1, 0.15) is 17.1 Å². The first kappa shape index (κ1) is 12.9. The second kappa shape index (κ2) is 4.97. The van der Waals surface area contributed by atoms with Crippen LogP contribution >= 0.6 is 11.6 Å². The highest BCUT2D eigenvalue weighted by Crippen LogP contribution is 2.14. The fraction of sp³-hybridized carbons (Fsp3) is 0.545. The average molecular weight is 272 g/mol. The van der Waals surface area contributed by atoms with Gasteiger partial charge in [0.05, 0.1) is 13.1 Å². The molecule has 7 heteroatoms. The molecule has 0 aromatic carbocycles. The van der Waals surface area contributed by atoms with E-state index < -0.39 is 6.09 Å². The summed E-state index contributed by atoms with van der Waals surface area (Å²) in [6, 6.07) is 1.26. The number of hydrogen-bond acceptors (Lipinski definition) is 4. The van der Waals surface area contributed by atoms with Gasteiger partial charge in [0, 0.05) is 12.0 Å². The number of nitrogens with one attached hydrogen (secondary N) is 1. The van der Waals surface area contributed by atoms with Crippen molar-refractivity contribution in [3.8, 4) is 0 Å². The topological polar surface area (TPSA) is 73.2 Å². The Morgan fingerprint density at radius 2 is 2.33 bits per heavy atom. The summed E-state index contributed by atoms with van der Waals surface area (Å²) >= 11 is 5.78. The number of aromatic nitrogens is 2. The van der Waals surface area contributed by atoms with Gasteiger partial charge in [-0.2, -0.15) is 0 Å². The molecule has 1 aliphatic rings. The van der Waals surface area contributed by atoms with E-state index in [2.05, 4.69) is 10.3 Å². The first-order valence-corrected chi connectivity index (χ1v) is 6.07. The number of nitrogens with zero attached hydrogens (tertiary/aromatic N) is 2. The number of amides is 1. The van der Waals surface area contributed by atoms with Gasteiger partial charge < -0.3 is 10.1 Å². The van der Waals surface area contributed by atoms with Crippen molar-refractivity contribution >= 4 is 17.7 Å². The Balaban J connectivity index is 2.31. The Bertz CT molecular complexity index is 527. The molecule has 6 nitrogen and oxygen atoms in total. The SMILES string of the molecule is CC(C)c1nc(Cl)cc(=O)n1CC1CNC(=O)O1. The number of carbonyl (C=O) groups is 1. The molecular formula is C11H14ClN3O3. The molecular weight excluding hydrogens is 258 g/mol. The zero-order chi connectivity index (χ0) is 13.3. The first-order chi connectivity index (χ1) is 8.47. The van der Waals surface area contributed by atoms with Crippen molar-refractivity contribution in [3.05, 3.63) is 27.4 Å².